The minimum absolute atomic E-state index is 0. The smallest absolute Gasteiger partial charge is 0.251 e. The number of benzene rings is 1. The number of hydrogen-bond donors (Lipinski definition) is 1. The minimum atomic E-state index is -0.132. The van der Waals surface area contributed by atoms with E-state index in [4.69, 9.17) is 9.47 Å². The second kappa shape index (κ2) is 7.06. The van der Waals surface area contributed by atoms with Crippen molar-refractivity contribution < 1.29 is 14.3 Å². The van der Waals surface area contributed by atoms with Crippen molar-refractivity contribution in [3.05, 3.63) is 23.8 Å². The van der Waals surface area contributed by atoms with Crippen LogP contribution in [0.2, 0.25) is 0 Å². The molecule has 0 aliphatic heterocycles. The van der Waals surface area contributed by atoms with Crippen LogP contribution in [-0.2, 0) is 0 Å². The molecule has 1 rings (SSSR count). The second-order valence-electron chi connectivity index (χ2n) is 3.73. The molecule has 0 aliphatic rings. The fraction of sp³-hybridized carbons (Fsp3) is 0.417. The summed E-state index contributed by atoms with van der Waals surface area (Å²) in [5.74, 6) is 1.08. The monoisotopic (exact) mass is 257 g/mol. The molecular weight excluding hydrogens is 238 g/mol. The molecule has 0 unspecified atom stereocenters. The molecule has 17 heavy (non-hydrogen) atoms. The molecule has 0 atom stereocenters. The highest BCUT2D eigenvalue weighted by Crippen LogP contribution is 2.22. The Kier molecular flexibility index (Phi) is 6.50. The zero-order chi connectivity index (χ0) is 12.1. The molecule has 0 aliphatic carbocycles. The average Bonchev–Trinajstić information content (AvgIpc) is 2.27. The Morgan fingerprint density at radius 2 is 1.59 bits per heavy atom. The third-order valence-corrected chi connectivity index (χ3v) is 2.03. The summed E-state index contributed by atoms with van der Waals surface area (Å²) in [6.07, 6.45) is 0. The molecule has 0 fully saturated rings. The van der Waals surface area contributed by atoms with Crippen LogP contribution in [0, 0.1) is 0 Å². The van der Waals surface area contributed by atoms with Gasteiger partial charge in [-0.25, -0.2) is 0 Å². The Balaban J connectivity index is 0.00000256. The fourth-order valence-corrected chi connectivity index (χ4v) is 1.28. The van der Waals surface area contributed by atoms with E-state index in [1.54, 1.807) is 32.4 Å². The normalized spacial score (nSPS) is 9.47. The van der Waals surface area contributed by atoms with E-state index >= 15 is 0 Å². The number of methoxy groups -OCH3 is 2. The van der Waals surface area contributed by atoms with E-state index in [0.717, 1.165) is 0 Å². The molecule has 0 radical (unpaired) electrons. The van der Waals surface area contributed by atoms with Crippen LogP contribution in [0.3, 0.4) is 0 Å². The first-order valence-electron chi connectivity index (χ1n) is 5.10. The number of nitrogens with one attached hydrogen (secondary N) is 1. The maximum Gasteiger partial charge on any atom is 0.251 e. The number of carbonyl (C=O) groups is 1. The molecule has 1 aromatic rings. The highest BCUT2D eigenvalue weighted by atomic mass is 32.1. The lowest BCUT2D eigenvalue weighted by Crippen LogP contribution is -2.30. The van der Waals surface area contributed by atoms with Gasteiger partial charge in [-0.05, 0) is 26.0 Å². The molecule has 0 spiro atoms. The van der Waals surface area contributed by atoms with E-state index in [1.807, 2.05) is 13.8 Å². The van der Waals surface area contributed by atoms with Crippen molar-refractivity contribution in [3.63, 3.8) is 0 Å². The van der Waals surface area contributed by atoms with Gasteiger partial charge in [0.2, 0.25) is 0 Å². The molecule has 1 aromatic carbocycles. The average molecular weight is 257 g/mol. The quantitative estimate of drug-likeness (QED) is 0.897. The predicted octanol–water partition coefficient (Wildman–Crippen LogP) is 1.95. The van der Waals surface area contributed by atoms with Gasteiger partial charge < -0.3 is 14.8 Å². The van der Waals surface area contributed by atoms with Crippen molar-refractivity contribution in [3.8, 4) is 11.5 Å². The summed E-state index contributed by atoms with van der Waals surface area (Å²) in [4.78, 5) is 11.8. The standard InChI is InChI=1S/C12H17NO3.H2S/c1-8(2)13-12(14)9-5-10(15-3)7-11(6-9)16-4;/h5-8H,1-4H3,(H,13,14);1H2. The molecule has 0 saturated heterocycles. The highest BCUT2D eigenvalue weighted by Gasteiger charge is 2.10. The van der Waals surface area contributed by atoms with Crippen LogP contribution in [0.1, 0.15) is 24.2 Å². The maximum atomic E-state index is 11.8. The SMILES string of the molecule is COc1cc(OC)cc(C(=O)NC(C)C)c1.S. The first-order chi connectivity index (χ1) is 7.56. The summed E-state index contributed by atoms with van der Waals surface area (Å²) in [7, 11) is 3.11. The van der Waals surface area contributed by atoms with E-state index in [0.29, 0.717) is 17.1 Å². The van der Waals surface area contributed by atoms with Gasteiger partial charge in [-0.2, -0.15) is 13.5 Å². The van der Waals surface area contributed by atoms with Crippen molar-refractivity contribution in [1.82, 2.24) is 5.32 Å². The molecule has 0 bridgehead atoms. The highest BCUT2D eigenvalue weighted by molar-refractivity contribution is 7.59. The van der Waals surface area contributed by atoms with Crippen LogP contribution in [0.5, 0.6) is 11.5 Å². The van der Waals surface area contributed by atoms with Crippen molar-refractivity contribution in [1.29, 1.82) is 0 Å². The van der Waals surface area contributed by atoms with Gasteiger partial charge >= 0.3 is 0 Å². The van der Waals surface area contributed by atoms with Crippen molar-refractivity contribution in [2.24, 2.45) is 0 Å². The van der Waals surface area contributed by atoms with Crippen molar-refractivity contribution in [2.45, 2.75) is 19.9 Å². The third-order valence-electron chi connectivity index (χ3n) is 2.03. The zero-order valence-electron chi connectivity index (χ0n) is 10.5. The van der Waals surface area contributed by atoms with Gasteiger partial charge in [-0.3, -0.25) is 4.79 Å². The molecule has 96 valence electrons. The third kappa shape index (κ3) is 4.56. The largest absolute Gasteiger partial charge is 0.497 e. The number of hydrogen-bond acceptors (Lipinski definition) is 3. The Hall–Kier alpha value is -1.36. The van der Waals surface area contributed by atoms with E-state index < -0.39 is 0 Å². The van der Waals surface area contributed by atoms with Crippen molar-refractivity contribution >= 4 is 19.4 Å². The number of rotatable bonds is 4. The molecule has 0 saturated carbocycles. The van der Waals surface area contributed by atoms with E-state index in [2.05, 4.69) is 5.32 Å². The van der Waals surface area contributed by atoms with Crippen LogP contribution < -0.4 is 14.8 Å². The van der Waals surface area contributed by atoms with E-state index in [-0.39, 0.29) is 25.4 Å². The summed E-state index contributed by atoms with van der Waals surface area (Å²) >= 11 is 0. The molecule has 4 nitrogen and oxygen atoms in total. The van der Waals surface area contributed by atoms with E-state index in [1.165, 1.54) is 0 Å². The van der Waals surface area contributed by atoms with E-state index in [9.17, 15) is 4.79 Å². The molecule has 0 heterocycles. The lowest BCUT2D eigenvalue weighted by molar-refractivity contribution is 0.0942. The van der Waals surface area contributed by atoms with Gasteiger partial charge in [-0.1, -0.05) is 0 Å². The van der Waals surface area contributed by atoms with Crippen LogP contribution in [0.25, 0.3) is 0 Å². The van der Waals surface area contributed by atoms with Crippen molar-refractivity contribution in [2.75, 3.05) is 14.2 Å². The zero-order valence-corrected chi connectivity index (χ0v) is 11.5. The number of ether oxygens (including phenoxy) is 2. The van der Waals surface area contributed by atoms with Gasteiger partial charge in [0.1, 0.15) is 11.5 Å². The first kappa shape index (κ1) is 15.6. The summed E-state index contributed by atoms with van der Waals surface area (Å²) in [6, 6.07) is 5.19. The second-order valence-corrected chi connectivity index (χ2v) is 3.73. The number of amides is 1. The fourth-order valence-electron chi connectivity index (χ4n) is 1.28. The Morgan fingerprint density at radius 1 is 1.12 bits per heavy atom. The van der Waals surface area contributed by atoms with Crippen LogP contribution in [0.15, 0.2) is 18.2 Å². The lowest BCUT2D eigenvalue weighted by atomic mass is 10.1. The summed E-state index contributed by atoms with van der Waals surface area (Å²) in [6.45, 7) is 3.82. The van der Waals surface area contributed by atoms with Gasteiger partial charge in [0.15, 0.2) is 0 Å². The minimum Gasteiger partial charge on any atom is -0.497 e. The van der Waals surface area contributed by atoms with Crippen LogP contribution >= 0.6 is 13.5 Å². The Labute approximate surface area is 109 Å². The Bertz CT molecular complexity index is 358. The maximum absolute atomic E-state index is 11.8. The molecular formula is C12H19NO3S. The molecule has 5 heteroatoms. The van der Waals surface area contributed by atoms with Gasteiger partial charge in [0.25, 0.3) is 5.91 Å². The lowest BCUT2D eigenvalue weighted by Gasteiger charge is -2.11. The molecule has 0 aromatic heterocycles. The van der Waals surface area contributed by atoms with Crippen LogP contribution in [0.4, 0.5) is 0 Å². The Morgan fingerprint density at radius 3 is 1.94 bits per heavy atom. The van der Waals surface area contributed by atoms with Gasteiger partial charge in [0, 0.05) is 17.7 Å². The summed E-state index contributed by atoms with van der Waals surface area (Å²) < 4.78 is 10.2. The first-order valence-corrected chi connectivity index (χ1v) is 5.10. The summed E-state index contributed by atoms with van der Waals surface area (Å²) in [5.41, 5.74) is 0.532. The molecule has 1 amide bonds. The molecule has 1 N–H and O–H groups in total. The van der Waals surface area contributed by atoms with Crippen LogP contribution in [-0.4, -0.2) is 26.2 Å². The number of carbonyl (C=O) groups excluding carboxylic acids is 1. The topological polar surface area (TPSA) is 47.6 Å². The summed E-state index contributed by atoms with van der Waals surface area (Å²) in [5, 5.41) is 2.81. The predicted molar refractivity (Wildman–Crippen MR) is 72.5 cm³/mol. The van der Waals surface area contributed by atoms with Gasteiger partial charge in [-0.15, -0.1) is 0 Å². The van der Waals surface area contributed by atoms with Gasteiger partial charge in [0.05, 0.1) is 14.2 Å².